The first kappa shape index (κ1) is 8.74. The summed E-state index contributed by atoms with van der Waals surface area (Å²) < 4.78 is 0.739. The van der Waals surface area contributed by atoms with Crippen LogP contribution in [0.15, 0.2) is 10.8 Å². The van der Waals surface area contributed by atoms with Crippen LogP contribution < -0.4 is 10.6 Å². The first-order valence-electron chi connectivity index (χ1n) is 4.30. The van der Waals surface area contributed by atoms with Crippen LogP contribution in [0, 0.1) is 0 Å². The summed E-state index contributed by atoms with van der Waals surface area (Å²) in [7, 11) is 0. The lowest BCUT2D eigenvalue weighted by molar-refractivity contribution is 0.925. The second-order valence-corrected chi connectivity index (χ2v) is 3.91. The van der Waals surface area contributed by atoms with E-state index in [-0.39, 0.29) is 0 Å². The van der Waals surface area contributed by atoms with Crippen LogP contribution in [-0.4, -0.2) is 23.1 Å². The van der Waals surface area contributed by atoms with Gasteiger partial charge in [-0.2, -0.15) is 0 Å². The van der Waals surface area contributed by atoms with Gasteiger partial charge in [-0.1, -0.05) is 0 Å². The molecule has 1 saturated heterocycles. The molecule has 1 fully saturated rings. The van der Waals surface area contributed by atoms with Crippen molar-refractivity contribution in [3.05, 3.63) is 10.8 Å². The zero-order valence-corrected chi connectivity index (χ0v) is 8.79. The summed E-state index contributed by atoms with van der Waals surface area (Å²) in [5.41, 5.74) is 5.73. The molecular weight excluding hydrogens is 232 g/mol. The number of nitrogens with zero attached hydrogens (tertiary/aromatic N) is 3. The van der Waals surface area contributed by atoms with E-state index in [0.29, 0.717) is 5.82 Å². The number of nitrogen functional groups attached to an aromatic ring is 1. The molecule has 0 spiro atoms. The average molecular weight is 243 g/mol. The Hall–Kier alpha value is -0.840. The van der Waals surface area contributed by atoms with Crippen molar-refractivity contribution in [2.75, 3.05) is 23.7 Å². The Bertz CT molecular complexity index is 309. The monoisotopic (exact) mass is 242 g/mol. The molecule has 0 atom stereocenters. The molecule has 0 saturated carbocycles. The number of hydrogen-bond acceptors (Lipinski definition) is 4. The van der Waals surface area contributed by atoms with Gasteiger partial charge in [0.15, 0.2) is 11.6 Å². The van der Waals surface area contributed by atoms with E-state index in [9.17, 15) is 0 Å². The van der Waals surface area contributed by atoms with Crippen LogP contribution in [0.5, 0.6) is 0 Å². The van der Waals surface area contributed by atoms with Crippen molar-refractivity contribution in [3.8, 4) is 0 Å². The second-order valence-electron chi connectivity index (χ2n) is 3.10. The lowest BCUT2D eigenvalue weighted by atomic mass is 10.4. The summed E-state index contributed by atoms with van der Waals surface area (Å²) in [6.45, 7) is 2.07. The van der Waals surface area contributed by atoms with Gasteiger partial charge in [-0.3, -0.25) is 0 Å². The van der Waals surface area contributed by atoms with Crippen LogP contribution >= 0.6 is 15.9 Å². The van der Waals surface area contributed by atoms with E-state index in [2.05, 4.69) is 30.8 Å². The predicted octanol–water partition coefficient (Wildman–Crippen LogP) is 1.42. The maximum Gasteiger partial charge on any atom is 0.172 e. The van der Waals surface area contributed by atoms with E-state index in [1.807, 2.05) is 0 Å². The van der Waals surface area contributed by atoms with Gasteiger partial charge in [0.25, 0.3) is 0 Å². The molecule has 5 heteroatoms. The Balaban J connectivity index is 2.32. The fourth-order valence-corrected chi connectivity index (χ4v) is 1.80. The highest BCUT2D eigenvalue weighted by molar-refractivity contribution is 9.10. The molecule has 0 aliphatic carbocycles. The molecule has 0 radical (unpaired) electrons. The molecule has 70 valence electrons. The number of hydrogen-bond donors (Lipinski definition) is 1. The quantitative estimate of drug-likeness (QED) is 0.810. The number of halogens is 1. The largest absolute Gasteiger partial charge is 0.381 e. The minimum absolute atomic E-state index is 0.519. The molecule has 13 heavy (non-hydrogen) atoms. The predicted molar refractivity (Wildman–Crippen MR) is 55.6 cm³/mol. The van der Waals surface area contributed by atoms with Gasteiger partial charge in [-0.25, -0.2) is 9.97 Å². The molecule has 0 unspecified atom stereocenters. The molecule has 4 nitrogen and oxygen atoms in total. The van der Waals surface area contributed by atoms with Crippen molar-refractivity contribution in [2.45, 2.75) is 12.8 Å². The number of anilines is 2. The summed E-state index contributed by atoms with van der Waals surface area (Å²) in [4.78, 5) is 10.5. The Morgan fingerprint density at radius 1 is 1.38 bits per heavy atom. The van der Waals surface area contributed by atoms with Crippen molar-refractivity contribution in [1.29, 1.82) is 0 Å². The van der Waals surface area contributed by atoms with Gasteiger partial charge in [0, 0.05) is 13.1 Å². The van der Waals surface area contributed by atoms with Gasteiger partial charge in [-0.05, 0) is 28.8 Å². The third kappa shape index (κ3) is 1.75. The average Bonchev–Trinajstić information content (AvgIpc) is 2.61. The Kier molecular flexibility index (Phi) is 2.35. The van der Waals surface area contributed by atoms with E-state index in [4.69, 9.17) is 5.73 Å². The molecule has 1 aliphatic heterocycles. The standard InChI is InChI=1S/C8H11BrN4/c9-6-5-11-7(10)8(12-6)13-3-1-2-4-13/h5H,1-4H2,(H2,10,11). The Morgan fingerprint density at radius 2 is 2.08 bits per heavy atom. The van der Waals surface area contributed by atoms with E-state index in [0.717, 1.165) is 23.5 Å². The van der Waals surface area contributed by atoms with Crippen molar-refractivity contribution < 1.29 is 0 Å². The fraction of sp³-hybridized carbons (Fsp3) is 0.500. The molecule has 2 N–H and O–H groups in total. The minimum atomic E-state index is 0.519. The first-order valence-corrected chi connectivity index (χ1v) is 5.09. The van der Waals surface area contributed by atoms with Crippen LogP contribution in [0.1, 0.15) is 12.8 Å². The molecule has 1 aromatic heterocycles. The highest BCUT2D eigenvalue weighted by Crippen LogP contribution is 2.23. The van der Waals surface area contributed by atoms with Crippen molar-refractivity contribution in [2.24, 2.45) is 0 Å². The van der Waals surface area contributed by atoms with Gasteiger partial charge >= 0.3 is 0 Å². The normalized spacial score (nSPS) is 16.5. The van der Waals surface area contributed by atoms with Gasteiger partial charge in [0.2, 0.25) is 0 Å². The topological polar surface area (TPSA) is 55.0 Å². The van der Waals surface area contributed by atoms with Crippen LogP contribution in [-0.2, 0) is 0 Å². The summed E-state index contributed by atoms with van der Waals surface area (Å²) in [5, 5.41) is 0. The van der Waals surface area contributed by atoms with Crippen LogP contribution in [0.25, 0.3) is 0 Å². The third-order valence-electron chi connectivity index (χ3n) is 2.16. The van der Waals surface area contributed by atoms with E-state index >= 15 is 0 Å². The maximum atomic E-state index is 5.73. The third-order valence-corrected chi connectivity index (χ3v) is 2.54. The fourth-order valence-electron chi connectivity index (χ4n) is 1.53. The van der Waals surface area contributed by atoms with Crippen molar-refractivity contribution in [1.82, 2.24) is 9.97 Å². The molecule has 0 aromatic carbocycles. The summed E-state index contributed by atoms with van der Waals surface area (Å²) in [5.74, 6) is 1.33. The van der Waals surface area contributed by atoms with Crippen LogP contribution in [0.3, 0.4) is 0 Å². The highest BCUT2D eigenvalue weighted by Gasteiger charge is 2.16. The smallest absolute Gasteiger partial charge is 0.172 e. The lowest BCUT2D eigenvalue weighted by Crippen LogP contribution is -2.21. The van der Waals surface area contributed by atoms with Crippen LogP contribution in [0.2, 0.25) is 0 Å². The molecule has 2 rings (SSSR count). The lowest BCUT2D eigenvalue weighted by Gasteiger charge is -2.17. The molecule has 0 amide bonds. The molecule has 1 aliphatic rings. The Labute approximate surface area is 85.3 Å². The van der Waals surface area contributed by atoms with Gasteiger partial charge in [0.05, 0.1) is 6.20 Å². The summed E-state index contributed by atoms with van der Waals surface area (Å²) in [6, 6.07) is 0. The van der Waals surface area contributed by atoms with Gasteiger partial charge in [0.1, 0.15) is 4.60 Å². The number of rotatable bonds is 1. The molecular formula is C8H11BrN4. The molecule has 2 heterocycles. The number of aromatic nitrogens is 2. The minimum Gasteiger partial charge on any atom is -0.381 e. The number of nitrogens with two attached hydrogens (primary N) is 1. The summed E-state index contributed by atoms with van der Waals surface area (Å²) in [6.07, 6.45) is 4.05. The zero-order chi connectivity index (χ0) is 9.26. The second kappa shape index (κ2) is 3.49. The van der Waals surface area contributed by atoms with E-state index in [1.165, 1.54) is 12.8 Å². The van der Waals surface area contributed by atoms with Crippen molar-refractivity contribution >= 4 is 27.6 Å². The first-order chi connectivity index (χ1) is 6.27. The van der Waals surface area contributed by atoms with Gasteiger partial charge < -0.3 is 10.6 Å². The Morgan fingerprint density at radius 3 is 2.77 bits per heavy atom. The van der Waals surface area contributed by atoms with E-state index in [1.54, 1.807) is 6.20 Å². The zero-order valence-electron chi connectivity index (χ0n) is 7.20. The highest BCUT2D eigenvalue weighted by atomic mass is 79.9. The van der Waals surface area contributed by atoms with Crippen molar-refractivity contribution in [3.63, 3.8) is 0 Å². The maximum absolute atomic E-state index is 5.73. The van der Waals surface area contributed by atoms with Crippen LogP contribution in [0.4, 0.5) is 11.6 Å². The SMILES string of the molecule is Nc1ncc(Br)nc1N1CCCC1. The molecule has 1 aromatic rings. The summed E-state index contributed by atoms with van der Waals surface area (Å²) >= 11 is 3.29. The molecule has 0 bridgehead atoms. The van der Waals surface area contributed by atoms with Gasteiger partial charge in [-0.15, -0.1) is 0 Å². The van der Waals surface area contributed by atoms with E-state index < -0.39 is 0 Å².